The summed E-state index contributed by atoms with van der Waals surface area (Å²) in [4.78, 5) is 18.3. The fourth-order valence-corrected chi connectivity index (χ4v) is 2.83. The second-order valence-corrected chi connectivity index (χ2v) is 5.69. The molecule has 2 rings (SSSR count). The fraction of sp³-hybridized carbons (Fsp3) is 0.556. The first-order valence-corrected chi connectivity index (χ1v) is 8.41. The van der Waals surface area contributed by atoms with E-state index < -0.39 is 0 Å². The van der Waals surface area contributed by atoms with Crippen LogP contribution in [0.4, 0.5) is 5.69 Å². The molecule has 4 nitrogen and oxygen atoms in total. The maximum atomic E-state index is 12.3. The van der Waals surface area contributed by atoms with Crippen LogP contribution in [0.15, 0.2) is 30.0 Å². The third-order valence-corrected chi connectivity index (χ3v) is 4.19. The number of allylic oxidation sites excluding steroid dienone is 1. The van der Waals surface area contributed by atoms with Crippen LogP contribution in [-0.2, 0) is 0 Å². The first-order valence-electron chi connectivity index (χ1n) is 8.41. The summed E-state index contributed by atoms with van der Waals surface area (Å²) in [6, 6.07) is 3.78. The second kappa shape index (κ2) is 8.57. The maximum Gasteiger partial charge on any atom is 0.272 e. The molecule has 4 heteroatoms. The third kappa shape index (κ3) is 4.58. The van der Waals surface area contributed by atoms with Crippen molar-refractivity contribution in [3.05, 3.63) is 35.7 Å². The predicted molar refractivity (Wildman–Crippen MR) is 91.1 cm³/mol. The van der Waals surface area contributed by atoms with Gasteiger partial charge in [-0.15, -0.1) is 0 Å². The van der Waals surface area contributed by atoms with Crippen molar-refractivity contribution in [3.63, 3.8) is 0 Å². The molecule has 1 N–H and O–H groups in total. The van der Waals surface area contributed by atoms with Gasteiger partial charge < -0.3 is 10.2 Å². The second-order valence-electron chi connectivity index (χ2n) is 5.69. The van der Waals surface area contributed by atoms with Gasteiger partial charge in [-0.25, -0.2) is 0 Å². The summed E-state index contributed by atoms with van der Waals surface area (Å²) >= 11 is 0. The first kappa shape index (κ1) is 16.5. The lowest BCUT2D eigenvalue weighted by Gasteiger charge is -2.18. The number of carbonyl (C=O) groups excluding carboxylic acids is 1. The molecular formula is C18H27N3O. The predicted octanol–water partition coefficient (Wildman–Crippen LogP) is 3.87. The Labute approximate surface area is 133 Å². The molecule has 0 spiro atoms. The molecule has 0 saturated heterocycles. The number of carbonyl (C=O) groups is 1. The van der Waals surface area contributed by atoms with Gasteiger partial charge in [0.15, 0.2) is 0 Å². The average Bonchev–Trinajstić information content (AvgIpc) is 2.57. The molecule has 0 unspecified atom stereocenters. The molecule has 22 heavy (non-hydrogen) atoms. The van der Waals surface area contributed by atoms with Crippen molar-refractivity contribution in [2.75, 3.05) is 25.0 Å². The highest BCUT2D eigenvalue weighted by atomic mass is 16.2. The number of nitrogens with zero attached hydrogens (tertiary/aromatic N) is 2. The standard InChI is InChI=1S/C18H27N3O/c1-3-21(4-2)18(22)17-14-16(11-13-20-17)19-12-10-15-8-6-5-7-9-15/h8,11,13-14H,3-7,9-10,12H2,1-2H3,(H,19,20). The molecule has 0 aliphatic heterocycles. The van der Waals surface area contributed by atoms with Crippen LogP contribution < -0.4 is 5.32 Å². The number of aromatic nitrogens is 1. The van der Waals surface area contributed by atoms with E-state index in [1.54, 1.807) is 16.7 Å². The normalized spacial score (nSPS) is 14.4. The Balaban J connectivity index is 1.90. The lowest BCUT2D eigenvalue weighted by Crippen LogP contribution is -2.31. The summed E-state index contributed by atoms with van der Waals surface area (Å²) in [6.07, 6.45) is 10.3. The van der Waals surface area contributed by atoms with Crippen LogP contribution in [0.2, 0.25) is 0 Å². The van der Waals surface area contributed by atoms with Crippen LogP contribution in [-0.4, -0.2) is 35.4 Å². The minimum Gasteiger partial charge on any atom is -0.385 e. The van der Waals surface area contributed by atoms with Gasteiger partial charge in [-0.2, -0.15) is 0 Å². The van der Waals surface area contributed by atoms with Gasteiger partial charge >= 0.3 is 0 Å². The summed E-state index contributed by atoms with van der Waals surface area (Å²) in [5.41, 5.74) is 3.06. The number of nitrogens with one attached hydrogen (secondary N) is 1. The summed E-state index contributed by atoms with van der Waals surface area (Å²) < 4.78 is 0. The van der Waals surface area contributed by atoms with Crippen molar-refractivity contribution < 1.29 is 4.79 Å². The van der Waals surface area contributed by atoms with Crippen molar-refractivity contribution in [1.29, 1.82) is 0 Å². The molecular weight excluding hydrogens is 274 g/mol. The number of hydrogen-bond acceptors (Lipinski definition) is 3. The molecule has 1 aliphatic carbocycles. The minimum absolute atomic E-state index is 0.00337. The molecule has 0 aromatic carbocycles. The summed E-state index contributed by atoms with van der Waals surface area (Å²) in [6.45, 7) is 6.31. The average molecular weight is 301 g/mol. The molecule has 1 aromatic rings. The van der Waals surface area contributed by atoms with E-state index in [2.05, 4.69) is 16.4 Å². The molecule has 1 heterocycles. The molecule has 1 amide bonds. The maximum absolute atomic E-state index is 12.3. The molecule has 0 fully saturated rings. The Morgan fingerprint density at radius 3 is 2.82 bits per heavy atom. The van der Waals surface area contributed by atoms with E-state index in [0.29, 0.717) is 18.8 Å². The van der Waals surface area contributed by atoms with Gasteiger partial charge in [-0.3, -0.25) is 9.78 Å². The van der Waals surface area contributed by atoms with Crippen LogP contribution in [0.1, 0.15) is 56.4 Å². The number of hydrogen-bond donors (Lipinski definition) is 1. The highest BCUT2D eigenvalue weighted by molar-refractivity contribution is 5.93. The number of amides is 1. The van der Waals surface area contributed by atoms with E-state index in [9.17, 15) is 4.79 Å². The summed E-state index contributed by atoms with van der Waals surface area (Å²) in [7, 11) is 0. The Bertz CT molecular complexity index is 521. The smallest absolute Gasteiger partial charge is 0.272 e. The quantitative estimate of drug-likeness (QED) is 0.778. The van der Waals surface area contributed by atoms with Crippen LogP contribution in [0.3, 0.4) is 0 Å². The Kier molecular flexibility index (Phi) is 6.44. The van der Waals surface area contributed by atoms with Gasteiger partial charge in [0, 0.05) is 31.5 Å². The summed E-state index contributed by atoms with van der Waals surface area (Å²) in [5.74, 6) is 0.00337. The molecule has 0 saturated carbocycles. The van der Waals surface area contributed by atoms with Crippen molar-refractivity contribution in [2.24, 2.45) is 0 Å². The van der Waals surface area contributed by atoms with E-state index in [1.807, 2.05) is 26.0 Å². The minimum atomic E-state index is 0.00337. The molecule has 0 radical (unpaired) electrons. The Morgan fingerprint density at radius 1 is 1.32 bits per heavy atom. The largest absolute Gasteiger partial charge is 0.385 e. The zero-order chi connectivity index (χ0) is 15.8. The summed E-state index contributed by atoms with van der Waals surface area (Å²) in [5, 5.41) is 3.41. The highest BCUT2D eigenvalue weighted by Gasteiger charge is 2.14. The van der Waals surface area contributed by atoms with Crippen LogP contribution >= 0.6 is 0 Å². The van der Waals surface area contributed by atoms with E-state index in [-0.39, 0.29) is 5.91 Å². The van der Waals surface area contributed by atoms with Gasteiger partial charge in [0.05, 0.1) is 0 Å². The molecule has 120 valence electrons. The lowest BCUT2D eigenvalue weighted by atomic mass is 9.97. The van der Waals surface area contributed by atoms with E-state index in [4.69, 9.17) is 0 Å². The van der Waals surface area contributed by atoms with Crippen molar-refractivity contribution in [1.82, 2.24) is 9.88 Å². The third-order valence-electron chi connectivity index (χ3n) is 4.19. The Morgan fingerprint density at radius 2 is 2.14 bits per heavy atom. The molecule has 0 bridgehead atoms. The van der Waals surface area contributed by atoms with Crippen LogP contribution in [0.25, 0.3) is 0 Å². The topological polar surface area (TPSA) is 45.2 Å². The zero-order valence-corrected chi connectivity index (χ0v) is 13.8. The number of rotatable bonds is 7. The van der Waals surface area contributed by atoms with Crippen LogP contribution in [0.5, 0.6) is 0 Å². The van der Waals surface area contributed by atoms with Gasteiger partial charge in [-0.1, -0.05) is 11.6 Å². The van der Waals surface area contributed by atoms with Gasteiger partial charge in [0.25, 0.3) is 5.91 Å². The zero-order valence-electron chi connectivity index (χ0n) is 13.8. The fourth-order valence-electron chi connectivity index (χ4n) is 2.83. The van der Waals surface area contributed by atoms with Crippen molar-refractivity contribution >= 4 is 11.6 Å². The Hall–Kier alpha value is -1.84. The highest BCUT2D eigenvalue weighted by Crippen LogP contribution is 2.20. The first-order chi connectivity index (χ1) is 10.7. The van der Waals surface area contributed by atoms with Crippen molar-refractivity contribution in [2.45, 2.75) is 46.0 Å². The number of pyridine rings is 1. The molecule has 0 atom stereocenters. The van der Waals surface area contributed by atoms with Gasteiger partial charge in [-0.05, 0) is 58.1 Å². The van der Waals surface area contributed by atoms with Crippen LogP contribution in [0, 0.1) is 0 Å². The molecule has 1 aromatic heterocycles. The van der Waals surface area contributed by atoms with Gasteiger partial charge in [0.2, 0.25) is 0 Å². The number of anilines is 1. The van der Waals surface area contributed by atoms with Gasteiger partial charge in [0.1, 0.15) is 5.69 Å². The van der Waals surface area contributed by atoms with E-state index in [1.165, 1.54) is 25.7 Å². The van der Waals surface area contributed by atoms with E-state index in [0.717, 1.165) is 18.7 Å². The molecule has 1 aliphatic rings. The monoisotopic (exact) mass is 301 g/mol. The van der Waals surface area contributed by atoms with E-state index >= 15 is 0 Å². The lowest BCUT2D eigenvalue weighted by molar-refractivity contribution is 0.0767. The SMILES string of the molecule is CCN(CC)C(=O)c1cc(NCCC2=CCCCC2)ccn1. The van der Waals surface area contributed by atoms with Crippen molar-refractivity contribution in [3.8, 4) is 0 Å².